The Morgan fingerprint density at radius 1 is 1.24 bits per heavy atom. The van der Waals surface area contributed by atoms with Gasteiger partial charge in [0.15, 0.2) is 5.78 Å². The van der Waals surface area contributed by atoms with E-state index in [1.807, 2.05) is 11.9 Å². The molecule has 0 saturated carbocycles. The molecule has 17 heavy (non-hydrogen) atoms. The number of halogens is 1. The van der Waals surface area contributed by atoms with Crippen molar-refractivity contribution in [3.05, 3.63) is 35.6 Å². The second-order valence-corrected chi connectivity index (χ2v) is 4.83. The SMILES string of the molecule is CC(C)C(C)N(C)CC(=O)c1ccc(F)cc1. The minimum Gasteiger partial charge on any atom is -0.296 e. The highest BCUT2D eigenvalue weighted by Crippen LogP contribution is 2.10. The highest BCUT2D eigenvalue weighted by molar-refractivity contribution is 5.97. The summed E-state index contributed by atoms with van der Waals surface area (Å²) < 4.78 is 12.7. The van der Waals surface area contributed by atoms with Crippen LogP contribution in [0.4, 0.5) is 4.39 Å². The van der Waals surface area contributed by atoms with Gasteiger partial charge in [-0.15, -0.1) is 0 Å². The van der Waals surface area contributed by atoms with E-state index >= 15 is 0 Å². The molecule has 0 aliphatic heterocycles. The molecule has 1 rings (SSSR count). The fourth-order valence-corrected chi connectivity index (χ4v) is 1.61. The summed E-state index contributed by atoms with van der Waals surface area (Å²) in [6, 6.07) is 6.05. The summed E-state index contributed by atoms with van der Waals surface area (Å²) >= 11 is 0. The summed E-state index contributed by atoms with van der Waals surface area (Å²) in [5.41, 5.74) is 0.564. The van der Waals surface area contributed by atoms with E-state index in [0.29, 0.717) is 24.1 Å². The lowest BCUT2D eigenvalue weighted by molar-refractivity contribution is 0.0907. The summed E-state index contributed by atoms with van der Waals surface area (Å²) in [6.07, 6.45) is 0. The number of benzene rings is 1. The molecule has 0 bridgehead atoms. The minimum absolute atomic E-state index is 0.0278. The summed E-state index contributed by atoms with van der Waals surface area (Å²) in [5.74, 6) is 0.214. The van der Waals surface area contributed by atoms with Gasteiger partial charge >= 0.3 is 0 Å². The number of Topliss-reactive ketones (excluding diaryl/α,β-unsaturated/α-hetero) is 1. The molecule has 0 saturated heterocycles. The van der Waals surface area contributed by atoms with Gasteiger partial charge in [-0.1, -0.05) is 13.8 Å². The zero-order chi connectivity index (χ0) is 13.0. The maximum atomic E-state index is 12.7. The maximum Gasteiger partial charge on any atom is 0.176 e. The van der Waals surface area contributed by atoms with Crippen LogP contribution in [0.15, 0.2) is 24.3 Å². The Bertz CT molecular complexity index is 372. The normalized spacial score (nSPS) is 13.1. The molecule has 0 aliphatic rings. The Morgan fingerprint density at radius 3 is 2.24 bits per heavy atom. The van der Waals surface area contributed by atoms with Crippen LogP contribution < -0.4 is 0 Å². The first-order valence-corrected chi connectivity index (χ1v) is 5.91. The summed E-state index contributed by atoms with van der Waals surface area (Å²) in [5, 5.41) is 0. The van der Waals surface area contributed by atoms with E-state index in [9.17, 15) is 9.18 Å². The molecule has 0 radical (unpaired) electrons. The predicted molar refractivity (Wildman–Crippen MR) is 67.7 cm³/mol. The van der Waals surface area contributed by atoms with E-state index in [1.165, 1.54) is 24.3 Å². The fraction of sp³-hybridized carbons (Fsp3) is 0.500. The van der Waals surface area contributed by atoms with Crippen LogP contribution in [0.25, 0.3) is 0 Å². The molecule has 3 heteroatoms. The van der Waals surface area contributed by atoms with Gasteiger partial charge in [-0.3, -0.25) is 9.69 Å². The first kappa shape index (κ1) is 13.8. The second kappa shape index (κ2) is 5.92. The maximum absolute atomic E-state index is 12.7. The van der Waals surface area contributed by atoms with Crippen molar-refractivity contribution in [1.82, 2.24) is 4.90 Å². The van der Waals surface area contributed by atoms with E-state index in [1.54, 1.807) is 0 Å². The van der Waals surface area contributed by atoms with Crippen LogP contribution in [0.1, 0.15) is 31.1 Å². The van der Waals surface area contributed by atoms with Gasteiger partial charge in [-0.25, -0.2) is 4.39 Å². The van der Waals surface area contributed by atoms with Gasteiger partial charge in [0, 0.05) is 11.6 Å². The van der Waals surface area contributed by atoms with Crippen molar-refractivity contribution in [3.63, 3.8) is 0 Å². The molecule has 94 valence electrons. The lowest BCUT2D eigenvalue weighted by Gasteiger charge is -2.27. The van der Waals surface area contributed by atoms with Crippen LogP contribution in [0, 0.1) is 11.7 Å². The quantitative estimate of drug-likeness (QED) is 0.734. The third-order valence-corrected chi connectivity index (χ3v) is 3.22. The Labute approximate surface area is 102 Å². The van der Waals surface area contributed by atoms with Gasteiger partial charge in [0.1, 0.15) is 5.82 Å². The monoisotopic (exact) mass is 237 g/mol. The Hall–Kier alpha value is -1.22. The van der Waals surface area contributed by atoms with E-state index in [-0.39, 0.29) is 11.6 Å². The molecule has 1 aromatic rings. The summed E-state index contributed by atoms with van der Waals surface area (Å²) in [6.45, 7) is 6.72. The molecule has 0 N–H and O–H groups in total. The first-order valence-electron chi connectivity index (χ1n) is 5.91. The van der Waals surface area contributed by atoms with Gasteiger partial charge in [0.05, 0.1) is 6.54 Å². The number of likely N-dealkylation sites (N-methyl/N-ethyl adjacent to an activating group) is 1. The molecule has 0 heterocycles. The largest absolute Gasteiger partial charge is 0.296 e. The zero-order valence-electron chi connectivity index (χ0n) is 10.9. The lowest BCUT2D eigenvalue weighted by atomic mass is 10.0. The topological polar surface area (TPSA) is 20.3 Å². The van der Waals surface area contributed by atoms with Crippen LogP contribution in [-0.2, 0) is 0 Å². The molecule has 1 atom stereocenters. The number of hydrogen-bond acceptors (Lipinski definition) is 2. The Balaban J connectivity index is 2.63. The number of nitrogens with zero attached hydrogens (tertiary/aromatic N) is 1. The van der Waals surface area contributed by atoms with Crippen LogP contribution in [-0.4, -0.2) is 30.3 Å². The molecule has 0 amide bonds. The van der Waals surface area contributed by atoms with E-state index in [2.05, 4.69) is 20.8 Å². The minimum atomic E-state index is -0.314. The molecule has 0 aromatic heterocycles. The number of ketones is 1. The van der Waals surface area contributed by atoms with Crippen LogP contribution in [0.2, 0.25) is 0 Å². The molecular formula is C14H20FNO. The Morgan fingerprint density at radius 2 is 1.76 bits per heavy atom. The lowest BCUT2D eigenvalue weighted by Crippen LogP contribution is -2.37. The van der Waals surface area contributed by atoms with Crippen molar-refractivity contribution in [2.75, 3.05) is 13.6 Å². The van der Waals surface area contributed by atoms with E-state index < -0.39 is 0 Å². The zero-order valence-corrected chi connectivity index (χ0v) is 10.9. The van der Waals surface area contributed by atoms with Gasteiger partial charge < -0.3 is 0 Å². The number of carbonyl (C=O) groups excluding carboxylic acids is 1. The molecule has 0 fully saturated rings. The third kappa shape index (κ3) is 3.93. The Kier molecular flexibility index (Phi) is 4.82. The van der Waals surface area contributed by atoms with Crippen LogP contribution in [0.5, 0.6) is 0 Å². The van der Waals surface area contributed by atoms with Gasteiger partial charge in [-0.2, -0.15) is 0 Å². The van der Waals surface area contributed by atoms with Gasteiger partial charge in [0.25, 0.3) is 0 Å². The molecule has 2 nitrogen and oxygen atoms in total. The molecule has 0 aliphatic carbocycles. The van der Waals surface area contributed by atoms with Crippen molar-refractivity contribution in [1.29, 1.82) is 0 Å². The predicted octanol–water partition coefficient (Wildman–Crippen LogP) is 2.98. The standard InChI is InChI=1S/C14H20FNO/c1-10(2)11(3)16(4)9-14(17)12-5-7-13(15)8-6-12/h5-8,10-11H,9H2,1-4H3. The van der Waals surface area contributed by atoms with Crippen molar-refractivity contribution in [2.24, 2.45) is 5.92 Å². The van der Waals surface area contributed by atoms with Gasteiger partial charge in [-0.05, 0) is 44.2 Å². The summed E-state index contributed by atoms with van der Waals surface area (Å²) in [4.78, 5) is 14.0. The van der Waals surface area contributed by atoms with Crippen LogP contribution >= 0.6 is 0 Å². The molecule has 0 spiro atoms. The highest BCUT2D eigenvalue weighted by Gasteiger charge is 2.16. The molecule has 1 aromatic carbocycles. The highest BCUT2D eigenvalue weighted by atomic mass is 19.1. The van der Waals surface area contributed by atoms with Crippen molar-refractivity contribution >= 4 is 5.78 Å². The molecular weight excluding hydrogens is 217 g/mol. The van der Waals surface area contributed by atoms with Crippen molar-refractivity contribution in [2.45, 2.75) is 26.8 Å². The second-order valence-electron chi connectivity index (χ2n) is 4.83. The average Bonchev–Trinajstić information content (AvgIpc) is 2.28. The van der Waals surface area contributed by atoms with Crippen molar-refractivity contribution < 1.29 is 9.18 Å². The summed E-state index contributed by atoms with van der Waals surface area (Å²) in [7, 11) is 1.94. The molecule has 1 unspecified atom stereocenters. The number of carbonyl (C=O) groups is 1. The van der Waals surface area contributed by atoms with Crippen molar-refractivity contribution in [3.8, 4) is 0 Å². The van der Waals surface area contributed by atoms with Gasteiger partial charge in [0.2, 0.25) is 0 Å². The number of hydrogen-bond donors (Lipinski definition) is 0. The average molecular weight is 237 g/mol. The smallest absolute Gasteiger partial charge is 0.176 e. The first-order chi connectivity index (χ1) is 7.91. The van der Waals surface area contributed by atoms with E-state index in [4.69, 9.17) is 0 Å². The number of rotatable bonds is 5. The third-order valence-electron chi connectivity index (χ3n) is 3.22. The van der Waals surface area contributed by atoms with Crippen LogP contribution in [0.3, 0.4) is 0 Å². The fourth-order valence-electron chi connectivity index (χ4n) is 1.61. The van der Waals surface area contributed by atoms with E-state index in [0.717, 1.165) is 0 Å².